The molecule has 1 aromatic carbocycles. The van der Waals surface area contributed by atoms with E-state index in [0.29, 0.717) is 16.6 Å². The Kier molecular flexibility index (Phi) is 3.84. The lowest BCUT2D eigenvalue weighted by molar-refractivity contribution is -0.137. The van der Waals surface area contributed by atoms with Gasteiger partial charge >= 0.3 is 6.18 Å². The molecular formula is C13H11F4NOS. The van der Waals surface area contributed by atoms with E-state index in [-0.39, 0.29) is 10.6 Å². The lowest BCUT2D eigenvalue weighted by Gasteiger charge is -2.11. The van der Waals surface area contributed by atoms with Gasteiger partial charge in [-0.3, -0.25) is 0 Å². The van der Waals surface area contributed by atoms with Gasteiger partial charge in [-0.25, -0.2) is 9.37 Å². The first-order valence-corrected chi connectivity index (χ1v) is 6.54. The average molecular weight is 305 g/mol. The van der Waals surface area contributed by atoms with Gasteiger partial charge in [-0.15, -0.1) is 11.3 Å². The summed E-state index contributed by atoms with van der Waals surface area (Å²) in [5.41, 5.74) is -0.806. The minimum Gasteiger partial charge on any atom is -0.388 e. The van der Waals surface area contributed by atoms with Gasteiger partial charge < -0.3 is 5.11 Å². The molecule has 0 aliphatic carbocycles. The van der Waals surface area contributed by atoms with Crippen molar-refractivity contribution in [1.29, 1.82) is 0 Å². The number of thiazole rings is 1. The average Bonchev–Trinajstić information content (AvgIpc) is 2.69. The summed E-state index contributed by atoms with van der Waals surface area (Å²) in [5.74, 6) is -0.764. The van der Waals surface area contributed by atoms with E-state index in [2.05, 4.69) is 4.98 Å². The van der Waals surface area contributed by atoms with Crippen LogP contribution in [0.25, 0.3) is 10.6 Å². The third-order valence-electron chi connectivity index (χ3n) is 2.73. The van der Waals surface area contributed by atoms with Crippen molar-refractivity contribution >= 4 is 11.3 Å². The summed E-state index contributed by atoms with van der Waals surface area (Å²) in [6.45, 7) is 3.09. The Hall–Kier alpha value is -1.47. The van der Waals surface area contributed by atoms with Crippen molar-refractivity contribution in [2.24, 2.45) is 0 Å². The van der Waals surface area contributed by atoms with E-state index in [1.54, 1.807) is 6.92 Å². The second-order valence-electron chi connectivity index (χ2n) is 4.33. The maximum absolute atomic E-state index is 13.2. The summed E-state index contributed by atoms with van der Waals surface area (Å²) in [6, 6.07) is 2.28. The third kappa shape index (κ3) is 2.83. The van der Waals surface area contributed by atoms with Crippen LogP contribution in [0.1, 0.15) is 29.2 Å². The van der Waals surface area contributed by atoms with Crippen LogP contribution >= 0.6 is 11.3 Å². The second-order valence-corrected chi connectivity index (χ2v) is 5.36. The third-order valence-corrected chi connectivity index (χ3v) is 4.09. The fourth-order valence-corrected chi connectivity index (χ4v) is 2.89. The molecule has 0 bridgehead atoms. The summed E-state index contributed by atoms with van der Waals surface area (Å²) in [5, 5.41) is 9.57. The zero-order chi connectivity index (χ0) is 15.1. The number of nitrogens with zero attached hydrogens (tertiary/aromatic N) is 1. The number of hydrogen-bond donors (Lipinski definition) is 1. The van der Waals surface area contributed by atoms with Gasteiger partial charge in [0.1, 0.15) is 10.8 Å². The first kappa shape index (κ1) is 14.9. The maximum atomic E-state index is 13.2. The zero-order valence-electron chi connectivity index (χ0n) is 10.6. The Balaban J connectivity index is 2.63. The number of benzene rings is 1. The molecule has 0 radical (unpaired) electrons. The largest absolute Gasteiger partial charge is 0.417 e. The number of hydrogen-bond acceptors (Lipinski definition) is 3. The molecule has 0 saturated heterocycles. The van der Waals surface area contributed by atoms with Gasteiger partial charge in [-0.1, -0.05) is 0 Å². The molecule has 20 heavy (non-hydrogen) atoms. The van der Waals surface area contributed by atoms with E-state index in [1.807, 2.05) is 0 Å². The van der Waals surface area contributed by atoms with Gasteiger partial charge in [-0.05, 0) is 32.0 Å². The number of aryl methyl sites for hydroxylation is 1. The number of alkyl halides is 3. The highest BCUT2D eigenvalue weighted by Gasteiger charge is 2.34. The van der Waals surface area contributed by atoms with Crippen molar-refractivity contribution in [3.05, 3.63) is 40.2 Å². The van der Waals surface area contributed by atoms with Crippen LogP contribution in [0.4, 0.5) is 17.6 Å². The number of aliphatic hydroxyl groups is 1. The maximum Gasteiger partial charge on any atom is 0.417 e. The van der Waals surface area contributed by atoms with E-state index < -0.39 is 23.7 Å². The smallest absolute Gasteiger partial charge is 0.388 e. The van der Waals surface area contributed by atoms with Gasteiger partial charge in [0.25, 0.3) is 0 Å². The molecule has 108 valence electrons. The lowest BCUT2D eigenvalue weighted by atomic mass is 10.1. The predicted octanol–water partition coefficient (Wildman–Crippen LogP) is 4.33. The highest BCUT2D eigenvalue weighted by molar-refractivity contribution is 7.15. The number of aliphatic hydroxyl groups excluding tert-OH is 1. The Bertz CT molecular complexity index is 634. The molecule has 1 unspecified atom stereocenters. The molecule has 2 rings (SSSR count). The van der Waals surface area contributed by atoms with Crippen molar-refractivity contribution in [3.63, 3.8) is 0 Å². The van der Waals surface area contributed by atoms with Crippen molar-refractivity contribution in [2.75, 3.05) is 0 Å². The molecule has 0 amide bonds. The highest BCUT2D eigenvalue weighted by Crippen LogP contribution is 2.40. The quantitative estimate of drug-likeness (QED) is 0.838. The molecule has 2 nitrogen and oxygen atoms in total. The molecule has 0 fully saturated rings. The molecule has 0 spiro atoms. The van der Waals surface area contributed by atoms with E-state index in [1.165, 1.54) is 6.92 Å². The molecule has 1 aromatic heterocycles. The van der Waals surface area contributed by atoms with Crippen molar-refractivity contribution in [2.45, 2.75) is 26.1 Å². The molecule has 0 aliphatic rings. The first-order valence-electron chi connectivity index (χ1n) is 5.72. The topological polar surface area (TPSA) is 33.1 Å². The highest BCUT2D eigenvalue weighted by atomic mass is 32.1. The molecule has 1 N–H and O–H groups in total. The first-order chi connectivity index (χ1) is 9.20. The van der Waals surface area contributed by atoms with Gasteiger partial charge in [0.15, 0.2) is 0 Å². The minimum atomic E-state index is -4.59. The SMILES string of the molecule is Cc1nc(-c2cc(F)ccc2C(F)(F)F)sc1C(C)O. The van der Waals surface area contributed by atoms with Crippen LogP contribution in [-0.2, 0) is 6.18 Å². The summed E-state index contributed by atoms with van der Waals surface area (Å²) >= 11 is 0.932. The predicted molar refractivity (Wildman–Crippen MR) is 67.9 cm³/mol. The van der Waals surface area contributed by atoms with E-state index >= 15 is 0 Å². The van der Waals surface area contributed by atoms with Gasteiger partial charge in [0.2, 0.25) is 0 Å². The fourth-order valence-electron chi connectivity index (χ4n) is 1.85. The standard InChI is InChI=1S/C13H11F4NOS/c1-6-11(7(2)19)20-12(18-6)9-5-8(14)3-4-10(9)13(15,16)17/h3-5,7,19H,1-2H3. The van der Waals surface area contributed by atoms with Crippen LogP contribution < -0.4 is 0 Å². The Labute approximate surface area is 116 Å². The summed E-state index contributed by atoms with van der Waals surface area (Å²) in [7, 11) is 0. The summed E-state index contributed by atoms with van der Waals surface area (Å²) in [4.78, 5) is 4.48. The van der Waals surface area contributed by atoms with Crippen LogP contribution in [0.15, 0.2) is 18.2 Å². The summed E-state index contributed by atoms with van der Waals surface area (Å²) < 4.78 is 52.1. The number of aromatic nitrogens is 1. The molecule has 1 atom stereocenters. The Morgan fingerprint density at radius 1 is 1.30 bits per heavy atom. The molecular weight excluding hydrogens is 294 g/mol. The number of halogens is 4. The van der Waals surface area contributed by atoms with Crippen molar-refractivity contribution in [3.8, 4) is 10.6 Å². The van der Waals surface area contributed by atoms with Crippen molar-refractivity contribution < 1.29 is 22.7 Å². The van der Waals surface area contributed by atoms with Crippen LogP contribution in [-0.4, -0.2) is 10.1 Å². The lowest BCUT2D eigenvalue weighted by Crippen LogP contribution is -2.07. The van der Waals surface area contributed by atoms with Crippen LogP contribution in [0.3, 0.4) is 0 Å². The van der Waals surface area contributed by atoms with E-state index in [0.717, 1.165) is 23.5 Å². The second kappa shape index (κ2) is 5.14. The molecule has 2 aromatic rings. The van der Waals surface area contributed by atoms with Crippen molar-refractivity contribution in [1.82, 2.24) is 4.98 Å². The Morgan fingerprint density at radius 2 is 1.95 bits per heavy atom. The molecule has 0 saturated carbocycles. The molecule has 1 heterocycles. The van der Waals surface area contributed by atoms with Crippen LogP contribution in [0, 0.1) is 12.7 Å². The minimum absolute atomic E-state index is 0.0465. The zero-order valence-corrected chi connectivity index (χ0v) is 11.4. The van der Waals surface area contributed by atoms with E-state index in [9.17, 15) is 22.7 Å². The van der Waals surface area contributed by atoms with E-state index in [4.69, 9.17) is 0 Å². The summed E-state index contributed by atoms with van der Waals surface area (Å²) in [6.07, 6.45) is -5.42. The fraction of sp³-hybridized carbons (Fsp3) is 0.308. The molecule has 0 aliphatic heterocycles. The van der Waals surface area contributed by atoms with Gasteiger partial charge in [0.05, 0.1) is 22.2 Å². The molecule has 7 heteroatoms. The Morgan fingerprint density at radius 3 is 2.45 bits per heavy atom. The van der Waals surface area contributed by atoms with Gasteiger partial charge in [-0.2, -0.15) is 13.2 Å². The normalized spacial score (nSPS) is 13.6. The van der Waals surface area contributed by atoms with Gasteiger partial charge in [0, 0.05) is 5.56 Å². The van der Waals surface area contributed by atoms with Crippen LogP contribution in [0.5, 0.6) is 0 Å². The number of rotatable bonds is 2. The monoisotopic (exact) mass is 305 g/mol. The van der Waals surface area contributed by atoms with Crippen LogP contribution in [0.2, 0.25) is 0 Å².